The predicted molar refractivity (Wildman–Crippen MR) is 113 cm³/mol. The molecule has 1 unspecified atom stereocenters. The molecule has 1 aromatic heterocycles. The van der Waals surface area contributed by atoms with Crippen LogP contribution >= 0.6 is 22.9 Å². The van der Waals surface area contributed by atoms with Gasteiger partial charge in [0.1, 0.15) is 0 Å². The molecule has 2 aliphatic heterocycles. The van der Waals surface area contributed by atoms with E-state index in [1.165, 1.54) is 17.7 Å². The Hall–Kier alpha value is -0.820. The predicted octanol–water partition coefficient (Wildman–Crippen LogP) is 3.96. The molecule has 0 amide bonds. The first-order valence-electron chi connectivity index (χ1n) is 10.2. The lowest BCUT2D eigenvalue weighted by Crippen LogP contribution is -2.47. The molecular formula is C20H32ClN3O2S. The molecule has 2 saturated heterocycles. The van der Waals surface area contributed by atoms with E-state index in [2.05, 4.69) is 23.2 Å². The van der Waals surface area contributed by atoms with Gasteiger partial charge in [0.05, 0.1) is 23.2 Å². The van der Waals surface area contributed by atoms with E-state index in [1.54, 1.807) is 11.3 Å². The summed E-state index contributed by atoms with van der Waals surface area (Å²) in [6.07, 6.45) is 7.31. The van der Waals surface area contributed by atoms with Crippen LogP contribution < -0.4 is 5.32 Å². The van der Waals surface area contributed by atoms with E-state index in [9.17, 15) is 0 Å². The zero-order chi connectivity index (χ0) is 18.9. The molecular weight excluding hydrogens is 382 g/mol. The van der Waals surface area contributed by atoms with Gasteiger partial charge in [-0.2, -0.15) is 0 Å². The number of rotatable bonds is 7. The summed E-state index contributed by atoms with van der Waals surface area (Å²) in [6.45, 7) is 7.43. The van der Waals surface area contributed by atoms with Crippen LogP contribution in [0.2, 0.25) is 4.34 Å². The maximum absolute atomic E-state index is 6.13. The third-order valence-corrected chi connectivity index (χ3v) is 6.41. The Bertz CT molecular complexity index is 582. The molecule has 0 saturated carbocycles. The van der Waals surface area contributed by atoms with Gasteiger partial charge in [0, 0.05) is 44.1 Å². The number of guanidine groups is 1. The van der Waals surface area contributed by atoms with Crippen LogP contribution in [0.1, 0.15) is 43.9 Å². The van der Waals surface area contributed by atoms with Crippen LogP contribution in [0, 0.1) is 0 Å². The van der Waals surface area contributed by atoms with Crippen molar-refractivity contribution < 1.29 is 9.47 Å². The molecule has 0 aliphatic carbocycles. The smallest absolute Gasteiger partial charge is 0.193 e. The van der Waals surface area contributed by atoms with Gasteiger partial charge >= 0.3 is 0 Å². The number of aliphatic imine (C=N–C) groups is 1. The summed E-state index contributed by atoms with van der Waals surface area (Å²) in [5, 5.41) is 3.43. The van der Waals surface area contributed by atoms with E-state index in [0.717, 1.165) is 75.4 Å². The molecule has 2 aliphatic rings. The molecule has 0 radical (unpaired) electrons. The lowest BCUT2D eigenvalue weighted by molar-refractivity contribution is -0.0721. The van der Waals surface area contributed by atoms with Gasteiger partial charge in [-0.25, -0.2) is 0 Å². The van der Waals surface area contributed by atoms with Gasteiger partial charge in [-0.05, 0) is 51.2 Å². The average molecular weight is 414 g/mol. The number of nitrogens with one attached hydrogen (secondary N) is 1. The lowest BCUT2D eigenvalue weighted by atomic mass is 10.1. The van der Waals surface area contributed by atoms with Crippen molar-refractivity contribution in [3.8, 4) is 0 Å². The quantitative estimate of drug-likeness (QED) is 0.542. The highest BCUT2D eigenvalue weighted by molar-refractivity contribution is 7.16. The summed E-state index contributed by atoms with van der Waals surface area (Å²) in [5.41, 5.74) is 0. The first-order valence-corrected chi connectivity index (χ1v) is 11.4. The van der Waals surface area contributed by atoms with Crippen molar-refractivity contribution in [2.75, 3.05) is 39.4 Å². The van der Waals surface area contributed by atoms with E-state index in [1.807, 2.05) is 6.07 Å². The van der Waals surface area contributed by atoms with Crippen molar-refractivity contribution in [2.45, 2.75) is 57.7 Å². The third-order valence-electron chi connectivity index (χ3n) is 5.12. The van der Waals surface area contributed by atoms with Gasteiger partial charge in [-0.3, -0.25) is 4.99 Å². The highest BCUT2D eigenvalue weighted by Crippen LogP contribution is 2.22. The number of halogens is 1. The minimum Gasteiger partial charge on any atom is -0.376 e. The van der Waals surface area contributed by atoms with Crippen LogP contribution in [0.25, 0.3) is 0 Å². The van der Waals surface area contributed by atoms with E-state index in [0.29, 0.717) is 12.2 Å². The Morgan fingerprint density at radius 2 is 2.19 bits per heavy atom. The molecule has 152 valence electrons. The van der Waals surface area contributed by atoms with E-state index >= 15 is 0 Å². The largest absolute Gasteiger partial charge is 0.376 e. The zero-order valence-electron chi connectivity index (χ0n) is 16.3. The molecule has 1 aromatic rings. The van der Waals surface area contributed by atoms with Crippen LogP contribution in [0.5, 0.6) is 0 Å². The van der Waals surface area contributed by atoms with Gasteiger partial charge in [-0.1, -0.05) is 11.6 Å². The summed E-state index contributed by atoms with van der Waals surface area (Å²) < 4.78 is 12.7. The summed E-state index contributed by atoms with van der Waals surface area (Å²) in [4.78, 5) is 8.47. The van der Waals surface area contributed by atoms with E-state index < -0.39 is 0 Å². The first-order chi connectivity index (χ1) is 13.2. The lowest BCUT2D eigenvalue weighted by Gasteiger charge is -2.35. The minimum absolute atomic E-state index is 0.307. The minimum atomic E-state index is 0.307. The molecule has 2 fully saturated rings. The summed E-state index contributed by atoms with van der Waals surface area (Å²) in [5.74, 6) is 1.02. The molecule has 1 atom stereocenters. The second-order valence-electron chi connectivity index (χ2n) is 7.20. The van der Waals surface area contributed by atoms with Crippen molar-refractivity contribution in [2.24, 2.45) is 4.99 Å². The van der Waals surface area contributed by atoms with Gasteiger partial charge in [0.25, 0.3) is 0 Å². The highest BCUT2D eigenvalue weighted by Gasteiger charge is 2.23. The summed E-state index contributed by atoms with van der Waals surface area (Å²) in [7, 11) is 0. The zero-order valence-corrected chi connectivity index (χ0v) is 17.9. The van der Waals surface area contributed by atoms with Crippen LogP contribution in [-0.4, -0.2) is 62.5 Å². The van der Waals surface area contributed by atoms with Crippen molar-refractivity contribution in [3.63, 3.8) is 0 Å². The van der Waals surface area contributed by atoms with Gasteiger partial charge in [-0.15, -0.1) is 11.3 Å². The molecule has 1 N–H and O–H groups in total. The standard InChI is InChI=1S/C20H32ClN3O2S/c1-2-22-20(23-11-8-18-6-7-19(21)27-18)24-12-9-16(10-13-24)26-15-17-5-3-4-14-25-17/h6-7,16-17H,2-5,8-15H2,1H3,(H,22,23). The molecule has 3 rings (SSSR count). The fourth-order valence-electron chi connectivity index (χ4n) is 3.60. The molecule has 7 heteroatoms. The summed E-state index contributed by atoms with van der Waals surface area (Å²) in [6, 6.07) is 4.05. The number of piperidine rings is 1. The molecule has 0 spiro atoms. The first kappa shape index (κ1) is 20.9. The van der Waals surface area contributed by atoms with Crippen molar-refractivity contribution >= 4 is 28.9 Å². The monoisotopic (exact) mass is 413 g/mol. The topological polar surface area (TPSA) is 46.1 Å². The van der Waals surface area contributed by atoms with Crippen LogP contribution in [-0.2, 0) is 15.9 Å². The fourth-order valence-corrected chi connectivity index (χ4v) is 4.68. The Morgan fingerprint density at radius 3 is 2.85 bits per heavy atom. The number of hydrogen-bond acceptors (Lipinski definition) is 4. The number of ether oxygens (including phenoxy) is 2. The van der Waals surface area contributed by atoms with Gasteiger partial charge in [0.2, 0.25) is 0 Å². The molecule has 3 heterocycles. The van der Waals surface area contributed by atoms with Crippen LogP contribution in [0.4, 0.5) is 0 Å². The normalized spacial score (nSPS) is 22.2. The Kier molecular flexibility index (Phi) is 8.71. The second kappa shape index (κ2) is 11.2. The van der Waals surface area contributed by atoms with E-state index in [-0.39, 0.29) is 0 Å². The van der Waals surface area contributed by atoms with Crippen LogP contribution in [0.3, 0.4) is 0 Å². The maximum Gasteiger partial charge on any atom is 0.193 e. The highest BCUT2D eigenvalue weighted by atomic mass is 35.5. The Balaban J connectivity index is 1.41. The fraction of sp³-hybridized carbons (Fsp3) is 0.750. The van der Waals surface area contributed by atoms with E-state index in [4.69, 9.17) is 26.1 Å². The molecule has 5 nitrogen and oxygen atoms in total. The number of hydrogen-bond donors (Lipinski definition) is 1. The molecule has 0 aromatic carbocycles. The summed E-state index contributed by atoms with van der Waals surface area (Å²) >= 11 is 7.65. The van der Waals surface area contributed by atoms with Crippen molar-refractivity contribution in [3.05, 3.63) is 21.3 Å². The maximum atomic E-state index is 6.13. The number of likely N-dealkylation sites (tertiary alicyclic amines) is 1. The SMILES string of the molecule is CCNC(=NCCc1ccc(Cl)s1)N1CCC(OCC2CCCCO2)CC1. The average Bonchev–Trinajstić information content (AvgIpc) is 3.12. The van der Waals surface area contributed by atoms with Crippen LogP contribution in [0.15, 0.2) is 17.1 Å². The Labute approximate surface area is 172 Å². The Morgan fingerprint density at radius 1 is 1.33 bits per heavy atom. The second-order valence-corrected chi connectivity index (χ2v) is 9.00. The third kappa shape index (κ3) is 6.93. The van der Waals surface area contributed by atoms with Gasteiger partial charge < -0.3 is 19.7 Å². The molecule has 0 bridgehead atoms. The van der Waals surface area contributed by atoms with Crippen molar-refractivity contribution in [1.82, 2.24) is 10.2 Å². The number of nitrogens with zero attached hydrogens (tertiary/aromatic N) is 2. The molecule has 27 heavy (non-hydrogen) atoms. The van der Waals surface area contributed by atoms with Gasteiger partial charge in [0.15, 0.2) is 5.96 Å². The number of thiophene rings is 1. The van der Waals surface area contributed by atoms with Crippen molar-refractivity contribution in [1.29, 1.82) is 0 Å².